The predicted octanol–water partition coefficient (Wildman–Crippen LogP) is 1.99. The standard InChI is InChI=1S/C12H19N3O2/c1-5-12(2,3)15(4)10-9(13)8(11(16)17)6-7-14-10/h6-7H,5,13H2,1-4H3,(H,16,17). The Hall–Kier alpha value is -1.78. The Morgan fingerprint density at radius 2 is 2.18 bits per heavy atom. The summed E-state index contributed by atoms with van der Waals surface area (Å²) < 4.78 is 0. The highest BCUT2D eigenvalue weighted by Crippen LogP contribution is 2.29. The Bertz CT molecular complexity index is 430. The zero-order valence-electron chi connectivity index (χ0n) is 10.7. The molecule has 5 nitrogen and oxygen atoms in total. The summed E-state index contributed by atoms with van der Waals surface area (Å²) in [6.45, 7) is 6.18. The fraction of sp³-hybridized carbons (Fsp3) is 0.500. The monoisotopic (exact) mass is 237 g/mol. The van der Waals surface area contributed by atoms with E-state index in [1.165, 1.54) is 12.3 Å². The van der Waals surface area contributed by atoms with Gasteiger partial charge in [-0.3, -0.25) is 0 Å². The molecular formula is C12H19N3O2. The number of carbonyl (C=O) groups is 1. The molecule has 1 heterocycles. The number of pyridine rings is 1. The number of rotatable bonds is 4. The first-order valence-corrected chi connectivity index (χ1v) is 5.53. The number of hydrogen-bond acceptors (Lipinski definition) is 4. The Labute approximate surface area is 101 Å². The molecule has 94 valence electrons. The van der Waals surface area contributed by atoms with Gasteiger partial charge in [-0.25, -0.2) is 9.78 Å². The molecule has 0 spiro atoms. The first-order valence-electron chi connectivity index (χ1n) is 5.53. The lowest BCUT2D eigenvalue weighted by Gasteiger charge is -2.36. The van der Waals surface area contributed by atoms with Crippen molar-refractivity contribution in [3.05, 3.63) is 17.8 Å². The molecule has 0 radical (unpaired) electrons. The Morgan fingerprint density at radius 1 is 1.59 bits per heavy atom. The van der Waals surface area contributed by atoms with E-state index >= 15 is 0 Å². The van der Waals surface area contributed by atoms with Gasteiger partial charge >= 0.3 is 5.97 Å². The van der Waals surface area contributed by atoms with Gasteiger partial charge in [-0.2, -0.15) is 0 Å². The van der Waals surface area contributed by atoms with Crippen LogP contribution in [0.4, 0.5) is 11.5 Å². The zero-order chi connectivity index (χ0) is 13.2. The molecule has 3 N–H and O–H groups in total. The van der Waals surface area contributed by atoms with Crippen LogP contribution in [0.3, 0.4) is 0 Å². The molecule has 0 atom stereocenters. The molecule has 0 saturated carbocycles. The van der Waals surface area contributed by atoms with Crippen molar-refractivity contribution in [2.24, 2.45) is 0 Å². The van der Waals surface area contributed by atoms with Gasteiger partial charge in [-0.1, -0.05) is 6.92 Å². The van der Waals surface area contributed by atoms with E-state index in [9.17, 15) is 4.79 Å². The summed E-state index contributed by atoms with van der Waals surface area (Å²) >= 11 is 0. The average Bonchev–Trinajstić information content (AvgIpc) is 2.28. The molecule has 0 aliphatic rings. The molecule has 1 aromatic heterocycles. The van der Waals surface area contributed by atoms with Gasteiger partial charge in [-0.05, 0) is 26.3 Å². The Kier molecular flexibility index (Phi) is 3.60. The van der Waals surface area contributed by atoms with Crippen LogP contribution in [0.1, 0.15) is 37.6 Å². The SMILES string of the molecule is CCC(C)(C)N(C)c1nccc(C(=O)O)c1N. The van der Waals surface area contributed by atoms with Gasteiger partial charge in [0.1, 0.15) is 0 Å². The summed E-state index contributed by atoms with van der Waals surface area (Å²) in [6.07, 6.45) is 2.37. The van der Waals surface area contributed by atoms with Crippen LogP contribution in [0, 0.1) is 0 Å². The molecule has 0 bridgehead atoms. The molecule has 0 saturated heterocycles. The number of aromatic carboxylic acids is 1. The lowest BCUT2D eigenvalue weighted by Crippen LogP contribution is -2.41. The number of nitrogens with zero attached hydrogens (tertiary/aromatic N) is 2. The highest BCUT2D eigenvalue weighted by atomic mass is 16.4. The first-order chi connectivity index (χ1) is 7.81. The van der Waals surface area contributed by atoms with E-state index in [2.05, 4.69) is 25.8 Å². The fourth-order valence-electron chi connectivity index (χ4n) is 1.44. The topological polar surface area (TPSA) is 79.5 Å². The highest BCUT2D eigenvalue weighted by molar-refractivity contribution is 5.96. The second-order valence-corrected chi connectivity index (χ2v) is 4.63. The van der Waals surface area contributed by atoms with Crippen LogP contribution in [0.2, 0.25) is 0 Å². The third-order valence-corrected chi connectivity index (χ3v) is 3.29. The van der Waals surface area contributed by atoms with Crippen molar-refractivity contribution >= 4 is 17.5 Å². The number of carboxylic acid groups (broad SMARTS) is 1. The summed E-state index contributed by atoms with van der Waals surface area (Å²) in [5.74, 6) is -0.523. The summed E-state index contributed by atoms with van der Waals surface area (Å²) in [5, 5.41) is 9.01. The van der Waals surface area contributed by atoms with Gasteiger partial charge in [0.15, 0.2) is 5.82 Å². The lowest BCUT2D eigenvalue weighted by atomic mass is 9.99. The van der Waals surface area contributed by atoms with Crippen LogP contribution >= 0.6 is 0 Å². The largest absolute Gasteiger partial charge is 0.478 e. The molecule has 1 rings (SSSR count). The number of carboxylic acids is 1. The van der Waals surface area contributed by atoms with Crippen LogP contribution in [-0.4, -0.2) is 28.6 Å². The maximum Gasteiger partial charge on any atom is 0.337 e. The van der Waals surface area contributed by atoms with Gasteiger partial charge in [0.25, 0.3) is 0 Å². The Morgan fingerprint density at radius 3 is 2.65 bits per heavy atom. The van der Waals surface area contributed by atoms with E-state index in [-0.39, 0.29) is 16.8 Å². The van der Waals surface area contributed by atoms with Gasteiger partial charge in [0.2, 0.25) is 0 Å². The van der Waals surface area contributed by atoms with Crippen LogP contribution < -0.4 is 10.6 Å². The normalized spacial score (nSPS) is 11.3. The van der Waals surface area contributed by atoms with Gasteiger partial charge in [0, 0.05) is 18.8 Å². The molecule has 0 unspecified atom stereocenters. The number of nitrogen functional groups attached to an aromatic ring is 1. The smallest absolute Gasteiger partial charge is 0.337 e. The summed E-state index contributed by atoms with van der Waals surface area (Å²) in [7, 11) is 1.87. The maximum atomic E-state index is 11.0. The van der Waals surface area contributed by atoms with Crippen molar-refractivity contribution in [3.8, 4) is 0 Å². The molecule has 0 aliphatic carbocycles. The summed E-state index contributed by atoms with van der Waals surface area (Å²) in [4.78, 5) is 17.1. The minimum absolute atomic E-state index is 0.0914. The van der Waals surface area contributed by atoms with Crippen molar-refractivity contribution in [2.75, 3.05) is 17.7 Å². The molecule has 17 heavy (non-hydrogen) atoms. The summed E-state index contributed by atoms with van der Waals surface area (Å²) in [5.41, 5.74) is 6.03. The van der Waals surface area contributed by atoms with Crippen molar-refractivity contribution in [2.45, 2.75) is 32.7 Å². The van der Waals surface area contributed by atoms with Crippen molar-refractivity contribution < 1.29 is 9.90 Å². The molecule has 0 amide bonds. The van der Waals surface area contributed by atoms with Crippen LogP contribution in [0.5, 0.6) is 0 Å². The summed E-state index contributed by atoms with van der Waals surface area (Å²) in [6, 6.07) is 1.41. The molecular weight excluding hydrogens is 218 g/mol. The van der Waals surface area contributed by atoms with Crippen molar-refractivity contribution in [1.82, 2.24) is 4.98 Å². The third-order valence-electron chi connectivity index (χ3n) is 3.29. The molecule has 0 aliphatic heterocycles. The minimum Gasteiger partial charge on any atom is -0.478 e. The van der Waals surface area contributed by atoms with Crippen LogP contribution in [-0.2, 0) is 0 Å². The molecule has 0 aromatic carbocycles. The van der Waals surface area contributed by atoms with E-state index in [4.69, 9.17) is 10.8 Å². The quantitative estimate of drug-likeness (QED) is 0.837. The fourth-order valence-corrected chi connectivity index (χ4v) is 1.44. The third kappa shape index (κ3) is 2.49. The van der Waals surface area contributed by atoms with Gasteiger partial charge in [-0.15, -0.1) is 0 Å². The second kappa shape index (κ2) is 4.61. The van der Waals surface area contributed by atoms with Gasteiger partial charge < -0.3 is 15.7 Å². The van der Waals surface area contributed by atoms with Gasteiger partial charge in [0.05, 0.1) is 11.3 Å². The number of aromatic nitrogens is 1. The Balaban J connectivity index is 3.24. The van der Waals surface area contributed by atoms with E-state index in [1.807, 2.05) is 11.9 Å². The second-order valence-electron chi connectivity index (χ2n) is 4.63. The lowest BCUT2D eigenvalue weighted by molar-refractivity contribution is 0.0698. The first kappa shape index (κ1) is 13.3. The van der Waals surface area contributed by atoms with Crippen LogP contribution in [0.15, 0.2) is 12.3 Å². The number of hydrogen-bond donors (Lipinski definition) is 2. The maximum absolute atomic E-state index is 11.0. The van der Waals surface area contributed by atoms with E-state index in [1.54, 1.807) is 0 Å². The number of nitrogens with two attached hydrogens (primary N) is 1. The van der Waals surface area contributed by atoms with Crippen molar-refractivity contribution in [1.29, 1.82) is 0 Å². The molecule has 5 heteroatoms. The highest BCUT2D eigenvalue weighted by Gasteiger charge is 2.25. The predicted molar refractivity (Wildman–Crippen MR) is 68.4 cm³/mol. The van der Waals surface area contributed by atoms with E-state index in [0.717, 1.165) is 6.42 Å². The zero-order valence-corrected chi connectivity index (χ0v) is 10.7. The molecule has 1 aromatic rings. The minimum atomic E-state index is -1.03. The average molecular weight is 237 g/mol. The van der Waals surface area contributed by atoms with Crippen molar-refractivity contribution in [3.63, 3.8) is 0 Å². The van der Waals surface area contributed by atoms with Crippen LogP contribution in [0.25, 0.3) is 0 Å². The molecule has 0 fully saturated rings. The van der Waals surface area contributed by atoms with E-state index < -0.39 is 5.97 Å². The number of anilines is 2. The van der Waals surface area contributed by atoms with E-state index in [0.29, 0.717) is 5.82 Å².